The highest BCUT2D eigenvalue weighted by Gasteiger charge is 2.29. The molecule has 4 atom stereocenters. The fourth-order valence-corrected chi connectivity index (χ4v) is 4.72. The number of aliphatic carboxylic acids is 1. The lowest BCUT2D eigenvalue weighted by Gasteiger charge is -2.23. The normalized spacial score (nSPS) is 12.9. The molecule has 0 heterocycles. The number of ether oxygens (including phenoxy) is 1. The smallest absolute Gasteiger partial charge is 0.408 e. The van der Waals surface area contributed by atoms with Crippen LogP contribution >= 0.6 is 0 Å². The van der Waals surface area contributed by atoms with Gasteiger partial charge in [0.05, 0.1) is 12.6 Å². The fraction of sp³-hybridized carbons (Fsp3) is 0.306. The first-order chi connectivity index (χ1) is 24.8. The highest BCUT2D eigenvalue weighted by atomic mass is 16.5. The van der Waals surface area contributed by atoms with E-state index in [1.807, 2.05) is 0 Å². The first-order valence-electron chi connectivity index (χ1n) is 16.1. The van der Waals surface area contributed by atoms with Gasteiger partial charge in [0.25, 0.3) is 0 Å². The Hall–Kier alpha value is -6.45. The number of phenolic OH excluding ortho intramolecular Hbond substituents is 2. The molecule has 3 aromatic rings. The number of aromatic hydroxyl groups is 2. The van der Waals surface area contributed by atoms with Gasteiger partial charge in [0.1, 0.15) is 36.2 Å². The van der Waals surface area contributed by atoms with Crippen molar-refractivity contribution in [2.75, 3.05) is 6.54 Å². The van der Waals surface area contributed by atoms with E-state index in [1.165, 1.54) is 43.3 Å². The molecule has 0 aromatic heterocycles. The zero-order valence-corrected chi connectivity index (χ0v) is 28.2. The number of carboxylic acid groups (broad SMARTS) is 1. The van der Waals surface area contributed by atoms with Crippen molar-refractivity contribution >= 4 is 42.0 Å². The van der Waals surface area contributed by atoms with E-state index < -0.39 is 72.8 Å². The van der Waals surface area contributed by atoms with Gasteiger partial charge in [-0.25, -0.2) is 4.79 Å². The minimum atomic E-state index is -1.38. The number of amides is 5. The molecule has 0 saturated heterocycles. The number of nitrogens with one attached hydrogen (secondary N) is 5. The van der Waals surface area contributed by atoms with Gasteiger partial charge in [-0.15, -0.1) is 0 Å². The third kappa shape index (κ3) is 14.2. The van der Waals surface area contributed by atoms with E-state index in [0.29, 0.717) is 16.7 Å². The lowest BCUT2D eigenvalue weighted by molar-refractivity contribution is -0.137. The standard InChI is InChI=1S/C36H40N5O11/c1-22(38-35(50)29(15-16-32(46)47)41-36(51)52-21-25-5-3-2-4-6-25)33(48)40-30(18-24-9-13-28(44)14-10-24)34(49)37-19-31(45)39-26(20-42)17-23-7-11-27(43)12-8-23/h2-14,22,26,29-30,43-44H,15-19,21H2,1H3,(H,37,49)(H,38,50)(H,39,45)(H,40,48)(H,41,51)(H,46,47)/t22-,26-,29-,30-/m0/s1. The second kappa shape index (κ2) is 20.3. The Bertz CT molecular complexity index is 1680. The molecule has 0 fully saturated rings. The average Bonchev–Trinajstić information content (AvgIpc) is 3.12. The van der Waals surface area contributed by atoms with Gasteiger partial charge >= 0.3 is 12.1 Å². The van der Waals surface area contributed by atoms with Crippen molar-refractivity contribution in [3.05, 3.63) is 95.6 Å². The minimum Gasteiger partial charge on any atom is -0.508 e. The number of carbonyl (C=O) groups is 6. The summed E-state index contributed by atoms with van der Waals surface area (Å²) in [5.74, 6) is -4.46. The van der Waals surface area contributed by atoms with Gasteiger partial charge in [0.15, 0.2) is 0 Å². The molecule has 0 aliphatic carbocycles. The Kier molecular flexibility index (Phi) is 15.6. The van der Waals surface area contributed by atoms with Crippen molar-refractivity contribution in [2.24, 2.45) is 0 Å². The molecule has 0 aliphatic heterocycles. The quantitative estimate of drug-likeness (QED) is 0.0859. The maximum Gasteiger partial charge on any atom is 0.408 e. The Labute approximate surface area is 298 Å². The van der Waals surface area contributed by atoms with Crippen LogP contribution in [0.5, 0.6) is 11.5 Å². The number of hydrogen-bond donors (Lipinski definition) is 8. The van der Waals surface area contributed by atoms with Gasteiger partial charge in [0.2, 0.25) is 29.9 Å². The summed E-state index contributed by atoms with van der Waals surface area (Å²) in [7, 11) is 0. The van der Waals surface area contributed by atoms with Crippen LogP contribution in [0.3, 0.4) is 0 Å². The summed E-state index contributed by atoms with van der Waals surface area (Å²) in [5.41, 5.74) is 1.84. The monoisotopic (exact) mass is 718 g/mol. The third-order valence-corrected chi connectivity index (χ3v) is 7.51. The van der Waals surface area contributed by atoms with Crippen molar-refractivity contribution in [3.63, 3.8) is 0 Å². The zero-order chi connectivity index (χ0) is 38.0. The van der Waals surface area contributed by atoms with Gasteiger partial charge in [-0.2, -0.15) is 0 Å². The summed E-state index contributed by atoms with van der Waals surface area (Å²) >= 11 is 0. The third-order valence-electron chi connectivity index (χ3n) is 7.51. The van der Waals surface area contributed by atoms with E-state index in [-0.39, 0.29) is 37.4 Å². The molecular weight excluding hydrogens is 678 g/mol. The van der Waals surface area contributed by atoms with E-state index >= 15 is 0 Å². The fourth-order valence-electron chi connectivity index (χ4n) is 4.72. The summed E-state index contributed by atoms with van der Waals surface area (Å²) < 4.78 is 5.14. The molecule has 0 unspecified atom stereocenters. The van der Waals surface area contributed by atoms with Gasteiger partial charge in [0, 0.05) is 19.3 Å². The maximum absolute atomic E-state index is 13.3. The summed E-state index contributed by atoms with van der Waals surface area (Å²) in [6.07, 6.45) is -0.0925. The number of hydrogen-bond acceptors (Lipinski definition) is 10. The van der Waals surface area contributed by atoms with Crippen LogP contribution in [0.25, 0.3) is 0 Å². The molecular formula is C36H40N5O11. The van der Waals surface area contributed by atoms with Gasteiger partial charge in [-0.05, 0) is 54.3 Å². The Balaban J connectivity index is 1.62. The number of rotatable bonds is 19. The molecule has 3 rings (SSSR count). The van der Waals surface area contributed by atoms with Crippen LogP contribution in [-0.4, -0.2) is 88.0 Å². The molecule has 8 N–H and O–H groups in total. The number of alkyl carbamates (subject to hydrolysis) is 1. The predicted molar refractivity (Wildman–Crippen MR) is 184 cm³/mol. The van der Waals surface area contributed by atoms with Crippen LogP contribution in [-0.2, 0) is 53.0 Å². The van der Waals surface area contributed by atoms with E-state index in [0.717, 1.165) is 0 Å². The van der Waals surface area contributed by atoms with Crippen molar-refractivity contribution in [1.82, 2.24) is 26.6 Å². The second-order valence-corrected chi connectivity index (χ2v) is 11.7. The molecule has 0 spiro atoms. The molecule has 16 nitrogen and oxygen atoms in total. The van der Waals surface area contributed by atoms with Gasteiger partial charge < -0.3 is 46.6 Å². The molecule has 16 heteroatoms. The number of benzene rings is 3. The van der Waals surface area contributed by atoms with Crippen LogP contribution in [0, 0.1) is 0 Å². The van der Waals surface area contributed by atoms with Crippen LogP contribution in [0.2, 0.25) is 0 Å². The van der Waals surface area contributed by atoms with E-state index in [4.69, 9.17) is 9.84 Å². The molecule has 52 heavy (non-hydrogen) atoms. The molecule has 275 valence electrons. The van der Waals surface area contributed by atoms with Crippen LogP contribution in [0.4, 0.5) is 4.79 Å². The summed E-state index contributed by atoms with van der Waals surface area (Å²) in [6, 6.07) is 15.5. The predicted octanol–water partition coefficient (Wildman–Crippen LogP) is 0.743. The number of carboxylic acids is 1. The maximum atomic E-state index is 13.3. The van der Waals surface area contributed by atoms with Crippen LogP contribution < -0.4 is 26.6 Å². The van der Waals surface area contributed by atoms with E-state index in [1.54, 1.807) is 48.8 Å². The summed E-state index contributed by atoms with van der Waals surface area (Å²) in [6.45, 7) is 0.626. The molecule has 1 radical (unpaired) electrons. The second-order valence-electron chi connectivity index (χ2n) is 11.7. The average molecular weight is 719 g/mol. The first kappa shape index (κ1) is 40.0. The minimum absolute atomic E-state index is 0.0292. The lowest BCUT2D eigenvalue weighted by Crippen LogP contribution is -2.57. The first-order valence-corrected chi connectivity index (χ1v) is 16.1. The Morgan fingerprint density at radius 2 is 1.29 bits per heavy atom. The summed E-state index contributed by atoms with van der Waals surface area (Å²) in [5, 5.41) is 40.3. The van der Waals surface area contributed by atoms with Gasteiger partial charge in [-0.3, -0.25) is 28.8 Å². The van der Waals surface area contributed by atoms with Crippen molar-refractivity contribution in [1.29, 1.82) is 0 Å². The SMILES string of the molecule is C[C@H](NC(=O)[C@H](CCC(=O)O)NC(=O)OCc1ccccc1)C(=O)N[C@@H](Cc1ccc(O)cc1)C(=O)NCC(=O)N[C@H]([C]=O)Cc1ccc(O)cc1. The highest BCUT2D eigenvalue weighted by molar-refractivity contribution is 5.95. The van der Waals surface area contributed by atoms with E-state index in [2.05, 4.69) is 26.6 Å². The molecule has 0 bridgehead atoms. The van der Waals surface area contributed by atoms with Crippen LogP contribution in [0.1, 0.15) is 36.5 Å². The molecule has 0 aliphatic rings. The molecule has 3 aromatic carbocycles. The zero-order valence-electron chi connectivity index (χ0n) is 28.2. The number of carbonyl (C=O) groups excluding carboxylic acids is 6. The Morgan fingerprint density at radius 3 is 1.87 bits per heavy atom. The van der Waals surface area contributed by atoms with Crippen molar-refractivity contribution in [2.45, 2.75) is 63.4 Å². The number of phenols is 2. The van der Waals surface area contributed by atoms with E-state index in [9.17, 15) is 43.8 Å². The topological polar surface area (TPSA) is 250 Å². The summed E-state index contributed by atoms with van der Waals surface area (Å²) in [4.78, 5) is 87.3. The largest absolute Gasteiger partial charge is 0.508 e. The highest BCUT2D eigenvalue weighted by Crippen LogP contribution is 2.13. The van der Waals surface area contributed by atoms with Gasteiger partial charge in [-0.1, -0.05) is 54.6 Å². The Morgan fingerprint density at radius 1 is 0.692 bits per heavy atom. The lowest BCUT2D eigenvalue weighted by atomic mass is 10.0. The van der Waals surface area contributed by atoms with Crippen molar-refractivity contribution in [3.8, 4) is 11.5 Å². The molecule has 5 amide bonds. The van der Waals surface area contributed by atoms with Crippen molar-refractivity contribution < 1.29 is 53.6 Å². The molecule has 0 saturated carbocycles. The van der Waals surface area contributed by atoms with Crippen LogP contribution in [0.15, 0.2) is 78.9 Å².